The zero-order valence-corrected chi connectivity index (χ0v) is 12.4. The standard InChI is InChI=1S/C18H14N2O3/c1-12(21)15-11-14-9-5-6-10-16(14)20(18(15)23)19-17(22)13-7-3-2-4-8-13/h2-11H,1H3,(H,19,22). The van der Waals surface area contributed by atoms with Gasteiger partial charge < -0.3 is 0 Å². The molecule has 0 unspecified atom stereocenters. The number of hydrogen-bond donors (Lipinski definition) is 1. The first-order chi connectivity index (χ1) is 11.1. The lowest BCUT2D eigenvalue weighted by Crippen LogP contribution is -2.35. The van der Waals surface area contributed by atoms with Gasteiger partial charge in [0, 0.05) is 10.9 Å². The maximum atomic E-state index is 12.5. The molecule has 0 fully saturated rings. The van der Waals surface area contributed by atoms with Gasteiger partial charge in [0.2, 0.25) is 0 Å². The highest BCUT2D eigenvalue weighted by Crippen LogP contribution is 2.13. The van der Waals surface area contributed by atoms with Crippen molar-refractivity contribution in [3.05, 3.63) is 82.1 Å². The van der Waals surface area contributed by atoms with Gasteiger partial charge in [0.1, 0.15) is 0 Å². The molecule has 0 aliphatic carbocycles. The van der Waals surface area contributed by atoms with Crippen LogP contribution in [-0.2, 0) is 0 Å². The Morgan fingerprint density at radius 2 is 1.61 bits per heavy atom. The van der Waals surface area contributed by atoms with Crippen LogP contribution in [0.4, 0.5) is 0 Å². The fraction of sp³-hybridized carbons (Fsp3) is 0.0556. The number of Topliss-reactive ketones (excluding diaryl/α,β-unsaturated/α-hetero) is 1. The number of pyridine rings is 1. The number of aromatic nitrogens is 1. The summed E-state index contributed by atoms with van der Waals surface area (Å²) < 4.78 is 1.13. The van der Waals surface area contributed by atoms with Gasteiger partial charge in [0.15, 0.2) is 5.78 Å². The third kappa shape index (κ3) is 2.76. The van der Waals surface area contributed by atoms with Crippen molar-refractivity contribution in [3.63, 3.8) is 0 Å². The fourth-order valence-corrected chi connectivity index (χ4v) is 2.38. The van der Waals surface area contributed by atoms with Crippen molar-refractivity contribution >= 4 is 22.6 Å². The molecule has 5 nitrogen and oxygen atoms in total. The third-order valence-electron chi connectivity index (χ3n) is 3.54. The van der Waals surface area contributed by atoms with E-state index in [1.165, 1.54) is 6.92 Å². The Morgan fingerprint density at radius 3 is 2.30 bits per heavy atom. The molecule has 0 aliphatic rings. The smallest absolute Gasteiger partial charge is 0.280 e. The molecule has 3 aromatic rings. The van der Waals surface area contributed by atoms with Gasteiger partial charge in [-0.1, -0.05) is 36.4 Å². The molecule has 2 aromatic carbocycles. The van der Waals surface area contributed by atoms with Crippen LogP contribution in [0.3, 0.4) is 0 Å². The molecule has 23 heavy (non-hydrogen) atoms. The van der Waals surface area contributed by atoms with Crippen LogP contribution in [0.2, 0.25) is 0 Å². The van der Waals surface area contributed by atoms with Crippen LogP contribution in [0.5, 0.6) is 0 Å². The molecule has 3 rings (SSSR count). The summed E-state index contributed by atoms with van der Waals surface area (Å²) in [5.41, 5.74) is 3.04. The van der Waals surface area contributed by atoms with Crippen LogP contribution >= 0.6 is 0 Å². The number of benzene rings is 2. The van der Waals surface area contributed by atoms with Gasteiger partial charge in [-0.3, -0.25) is 19.8 Å². The average Bonchev–Trinajstić information content (AvgIpc) is 2.57. The Kier molecular flexibility index (Phi) is 3.76. The van der Waals surface area contributed by atoms with Gasteiger partial charge in [0.05, 0.1) is 11.1 Å². The minimum atomic E-state index is -0.541. The molecule has 114 valence electrons. The number of amides is 1. The number of nitrogens with one attached hydrogen (secondary N) is 1. The molecular weight excluding hydrogens is 292 g/mol. The van der Waals surface area contributed by atoms with Crippen LogP contribution < -0.4 is 11.0 Å². The van der Waals surface area contributed by atoms with E-state index in [4.69, 9.17) is 0 Å². The summed E-state index contributed by atoms with van der Waals surface area (Å²) in [6, 6.07) is 17.2. The topological polar surface area (TPSA) is 68.2 Å². The van der Waals surface area contributed by atoms with E-state index in [0.717, 1.165) is 4.68 Å². The summed E-state index contributed by atoms with van der Waals surface area (Å²) in [6.07, 6.45) is 0. The number of carbonyl (C=O) groups excluding carboxylic acids is 2. The van der Waals surface area contributed by atoms with E-state index in [2.05, 4.69) is 5.43 Å². The number of carbonyl (C=O) groups is 2. The van der Waals surface area contributed by atoms with Gasteiger partial charge in [-0.15, -0.1) is 0 Å². The van der Waals surface area contributed by atoms with Gasteiger partial charge in [-0.2, -0.15) is 0 Å². The highest BCUT2D eigenvalue weighted by Gasteiger charge is 2.14. The number of ketones is 1. The van der Waals surface area contributed by atoms with Crippen LogP contribution in [0.1, 0.15) is 27.6 Å². The molecule has 0 saturated carbocycles. The van der Waals surface area contributed by atoms with Crippen molar-refractivity contribution in [1.29, 1.82) is 0 Å². The fourth-order valence-electron chi connectivity index (χ4n) is 2.38. The zero-order valence-electron chi connectivity index (χ0n) is 12.4. The highest BCUT2D eigenvalue weighted by molar-refractivity contribution is 6.02. The Balaban J connectivity index is 2.16. The second kappa shape index (κ2) is 5.88. The first-order valence-corrected chi connectivity index (χ1v) is 7.10. The van der Waals surface area contributed by atoms with Gasteiger partial charge in [-0.05, 0) is 31.2 Å². The lowest BCUT2D eigenvalue weighted by atomic mass is 10.1. The lowest BCUT2D eigenvalue weighted by molar-refractivity contribution is 0.0995. The molecule has 0 radical (unpaired) electrons. The summed E-state index contributed by atoms with van der Waals surface area (Å²) in [5, 5.41) is 0.700. The van der Waals surface area contributed by atoms with Crippen molar-refractivity contribution in [1.82, 2.24) is 4.68 Å². The van der Waals surface area contributed by atoms with Gasteiger partial charge in [0.25, 0.3) is 11.5 Å². The van der Waals surface area contributed by atoms with Crippen LogP contribution in [-0.4, -0.2) is 16.4 Å². The quantitative estimate of drug-likeness (QED) is 0.756. The monoisotopic (exact) mass is 306 g/mol. The molecule has 0 aliphatic heterocycles. The van der Waals surface area contributed by atoms with Gasteiger partial charge in [-0.25, -0.2) is 4.68 Å². The number of rotatable bonds is 3. The third-order valence-corrected chi connectivity index (χ3v) is 3.54. The Labute approximate surface area is 132 Å². The number of hydrogen-bond acceptors (Lipinski definition) is 3. The van der Waals surface area contributed by atoms with Crippen molar-refractivity contribution in [2.75, 3.05) is 5.43 Å². The van der Waals surface area contributed by atoms with E-state index in [9.17, 15) is 14.4 Å². The summed E-state index contributed by atoms with van der Waals surface area (Å²) in [5.74, 6) is -0.762. The Hall–Kier alpha value is -3.21. The number of nitrogens with zero attached hydrogens (tertiary/aromatic N) is 1. The zero-order chi connectivity index (χ0) is 16.4. The molecule has 1 N–H and O–H groups in total. The maximum absolute atomic E-state index is 12.5. The molecule has 1 amide bonds. The minimum Gasteiger partial charge on any atom is -0.294 e. The summed E-state index contributed by atoms with van der Waals surface area (Å²) in [7, 11) is 0. The largest absolute Gasteiger partial charge is 0.294 e. The summed E-state index contributed by atoms with van der Waals surface area (Å²) >= 11 is 0. The summed E-state index contributed by atoms with van der Waals surface area (Å²) in [6.45, 7) is 1.33. The molecule has 1 aromatic heterocycles. The molecule has 5 heteroatoms. The van der Waals surface area contributed by atoms with Crippen molar-refractivity contribution < 1.29 is 9.59 Å². The lowest BCUT2D eigenvalue weighted by Gasteiger charge is -2.13. The van der Waals surface area contributed by atoms with Crippen LogP contribution in [0.15, 0.2) is 65.5 Å². The number of para-hydroxylation sites is 1. The molecule has 0 spiro atoms. The van der Waals surface area contributed by atoms with Gasteiger partial charge >= 0.3 is 0 Å². The van der Waals surface area contributed by atoms with E-state index in [0.29, 0.717) is 16.5 Å². The van der Waals surface area contributed by atoms with E-state index in [-0.39, 0.29) is 11.3 Å². The average molecular weight is 306 g/mol. The molecule has 0 saturated heterocycles. The highest BCUT2D eigenvalue weighted by atomic mass is 16.2. The minimum absolute atomic E-state index is 0.0389. The van der Waals surface area contributed by atoms with Crippen molar-refractivity contribution in [2.24, 2.45) is 0 Å². The number of fused-ring (bicyclic) bond motifs is 1. The Morgan fingerprint density at radius 1 is 0.957 bits per heavy atom. The van der Waals surface area contributed by atoms with Crippen LogP contribution in [0.25, 0.3) is 10.9 Å². The molecular formula is C18H14N2O3. The van der Waals surface area contributed by atoms with E-state index >= 15 is 0 Å². The van der Waals surface area contributed by atoms with E-state index < -0.39 is 11.5 Å². The second-order valence-electron chi connectivity index (χ2n) is 5.12. The molecule has 1 heterocycles. The predicted octanol–water partition coefficient (Wildman–Crippen LogP) is 2.59. The SMILES string of the molecule is CC(=O)c1cc2ccccc2n(NC(=O)c2ccccc2)c1=O. The van der Waals surface area contributed by atoms with E-state index in [1.54, 1.807) is 60.7 Å². The van der Waals surface area contributed by atoms with Crippen LogP contribution in [0, 0.1) is 0 Å². The normalized spacial score (nSPS) is 10.5. The van der Waals surface area contributed by atoms with E-state index in [1.807, 2.05) is 0 Å². The Bertz CT molecular complexity index is 959. The molecule has 0 atom stereocenters. The first kappa shape index (κ1) is 14.7. The maximum Gasteiger partial charge on any atom is 0.280 e. The molecule has 0 bridgehead atoms. The van der Waals surface area contributed by atoms with Crippen molar-refractivity contribution in [3.8, 4) is 0 Å². The summed E-state index contributed by atoms with van der Waals surface area (Å²) in [4.78, 5) is 36.5. The van der Waals surface area contributed by atoms with Crippen molar-refractivity contribution in [2.45, 2.75) is 6.92 Å². The first-order valence-electron chi connectivity index (χ1n) is 7.10. The predicted molar refractivity (Wildman–Crippen MR) is 88.3 cm³/mol. The second-order valence-corrected chi connectivity index (χ2v) is 5.12.